The van der Waals surface area contributed by atoms with Crippen LogP contribution in [0.15, 0.2) is 186 Å². The van der Waals surface area contributed by atoms with E-state index in [1.54, 1.807) is 0 Å². The second kappa shape index (κ2) is 11.5. The molecular weight excluding hydrogens is 649 g/mol. The molecule has 2 aromatic heterocycles. The average Bonchev–Trinajstić information content (AvgIpc) is 3.75. The smallest absolute Gasteiger partial charge is 0.135 e. The maximum absolute atomic E-state index is 6.09. The lowest BCUT2D eigenvalue weighted by Crippen LogP contribution is -1.85. The molecular formula is C50H30OS. The Morgan fingerprint density at radius 2 is 0.827 bits per heavy atom. The Bertz CT molecular complexity index is 3180. The minimum Gasteiger partial charge on any atom is -0.456 e. The molecule has 0 aliphatic carbocycles. The van der Waals surface area contributed by atoms with E-state index >= 15 is 0 Å². The molecule has 0 unspecified atom stereocenters. The summed E-state index contributed by atoms with van der Waals surface area (Å²) in [5, 5.41) is 9.99. The van der Waals surface area contributed by atoms with Gasteiger partial charge < -0.3 is 4.42 Å². The minimum atomic E-state index is 0.921. The van der Waals surface area contributed by atoms with Crippen molar-refractivity contribution in [2.45, 2.75) is 0 Å². The average molecular weight is 679 g/mol. The number of hydrogen-bond acceptors (Lipinski definition) is 2. The van der Waals surface area contributed by atoms with E-state index in [0.717, 1.165) is 21.9 Å². The Morgan fingerprint density at radius 3 is 1.58 bits per heavy atom. The molecule has 2 heterocycles. The van der Waals surface area contributed by atoms with Crippen LogP contribution in [-0.4, -0.2) is 0 Å². The van der Waals surface area contributed by atoms with Crippen LogP contribution in [-0.2, 0) is 0 Å². The highest BCUT2D eigenvalue weighted by Gasteiger charge is 2.13. The van der Waals surface area contributed by atoms with Crippen LogP contribution in [0, 0.1) is 0 Å². The summed E-state index contributed by atoms with van der Waals surface area (Å²) in [7, 11) is 0. The number of hydrogen-bond donors (Lipinski definition) is 0. The van der Waals surface area contributed by atoms with Crippen LogP contribution in [0.1, 0.15) is 0 Å². The molecule has 0 aliphatic heterocycles. The fraction of sp³-hybridized carbons (Fsp3) is 0. The molecule has 0 spiro atoms. The van der Waals surface area contributed by atoms with Crippen molar-refractivity contribution < 1.29 is 4.42 Å². The maximum Gasteiger partial charge on any atom is 0.135 e. The van der Waals surface area contributed by atoms with Crippen molar-refractivity contribution in [1.82, 2.24) is 0 Å². The van der Waals surface area contributed by atoms with Crippen LogP contribution in [0.3, 0.4) is 0 Å². The van der Waals surface area contributed by atoms with Gasteiger partial charge in [0, 0.05) is 30.9 Å². The Balaban J connectivity index is 0.995. The van der Waals surface area contributed by atoms with E-state index in [1.807, 2.05) is 23.5 Å². The third kappa shape index (κ3) is 4.76. The van der Waals surface area contributed by atoms with Gasteiger partial charge in [0.05, 0.1) is 0 Å². The van der Waals surface area contributed by atoms with Gasteiger partial charge in [-0.2, -0.15) is 0 Å². The molecule has 9 aromatic carbocycles. The van der Waals surface area contributed by atoms with Crippen molar-refractivity contribution in [3.05, 3.63) is 182 Å². The highest BCUT2D eigenvalue weighted by molar-refractivity contribution is 7.26. The Hall–Kier alpha value is -6.48. The predicted octanol–water partition coefficient (Wildman–Crippen LogP) is 14.9. The molecule has 1 nitrogen and oxygen atoms in total. The summed E-state index contributed by atoms with van der Waals surface area (Å²) in [4.78, 5) is 0. The Kier molecular flexibility index (Phi) is 6.49. The normalized spacial score (nSPS) is 11.8. The molecule has 11 rings (SSSR count). The number of thiophene rings is 1. The van der Waals surface area contributed by atoms with Gasteiger partial charge in [0.25, 0.3) is 0 Å². The SMILES string of the molecule is c1ccc(-c2ccccc2-c2ccc3cc4sc5cc6ccc(-c7cccc(-c8ccc9oc%10ccccc%10c9c8)c7)cc6cc5c4cc3c2)cc1. The topological polar surface area (TPSA) is 13.1 Å². The number of fused-ring (bicyclic) bond motifs is 8. The van der Waals surface area contributed by atoms with E-state index in [1.165, 1.54) is 86.2 Å². The lowest BCUT2D eigenvalue weighted by molar-refractivity contribution is 0.669. The van der Waals surface area contributed by atoms with Gasteiger partial charge in [-0.05, 0) is 127 Å². The van der Waals surface area contributed by atoms with Crippen molar-refractivity contribution in [3.63, 3.8) is 0 Å². The van der Waals surface area contributed by atoms with Crippen LogP contribution < -0.4 is 0 Å². The molecule has 0 aliphatic rings. The first-order valence-corrected chi connectivity index (χ1v) is 18.5. The lowest BCUT2D eigenvalue weighted by atomic mass is 9.93. The summed E-state index contributed by atoms with van der Waals surface area (Å²) in [6, 6.07) is 66.4. The number of para-hydroxylation sites is 1. The van der Waals surface area contributed by atoms with Gasteiger partial charge in [0.15, 0.2) is 0 Å². The van der Waals surface area contributed by atoms with Gasteiger partial charge in [-0.15, -0.1) is 11.3 Å². The second-order valence-electron chi connectivity index (χ2n) is 13.7. The zero-order chi connectivity index (χ0) is 34.2. The van der Waals surface area contributed by atoms with Crippen molar-refractivity contribution >= 4 is 75.0 Å². The van der Waals surface area contributed by atoms with Gasteiger partial charge in [0.2, 0.25) is 0 Å². The molecule has 242 valence electrons. The molecule has 0 atom stereocenters. The molecule has 0 saturated carbocycles. The highest BCUT2D eigenvalue weighted by atomic mass is 32.1. The van der Waals surface area contributed by atoms with E-state index < -0.39 is 0 Å². The maximum atomic E-state index is 6.09. The minimum absolute atomic E-state index is 0.921. The Morgan fingerprint density at radius 1 is 0.288 bits per heavy atom. The largest absolute Gasteiger partial charge is 0.456 e. The third-order valence-corrected chi connectivity index (χ3v) is 11.7. The molecule has 0 bridgehead atoms. The molecule has 0 fully saturated rings. The summed E-state index contributed by atoms with van der Waals surface area (Å²) in [6.45, 7) is 0. The summed E-state index contributed by atoms with van der Waals surface area (Å²) in [5.74, 6) is 0. The number of rotatable bonds is 4. The number of furan rings is 1. The third-order valence-electron chi connectivity index (χ3n) is 10.6. The van der Waals surface area contributed by atoms with Gasteiger partial charge >= 0.3 is 0 Å². The van der Waals surface area contributed by atoms with Crippen molar-refractivity contribution in [2.24, 2.45) is 0 Å². The monoisotopic (exact) mass is 678 g/mol. The highest BCUT2D eigenvalue weighted by Crippen LogP contribution is 2.41. The van der Waals surface area contributed by atoms with E-state index in [0.29, 0.717) is 0 Å². The summed E-state index contributed by atoms with van der Waals surface area (Å²) in [6.07, 6.45) is 0. The van der Waals surface area contributed by atoms with Crippen molar-refractivity contribution in [2.75, 3.05) is 0 Å². The fourth-order valence-electron chi connectivity index (χ4n) is 8.00. The first kappa shape index (κ1) is 29.3. The van der Waals surface area contributed by atoms with E-state index in [4.69, 9.17) is 4.42 Å². The quantitative estimate of drug-likeness (QED) is 0.181. The summed E-state index contributed by atoms with van der Waals surface area (Å²) < 4.78 is 8.74. The van der Waals surface area contributed by atoms with Crippen LogP contribution >= 0.6 is 11.3 Å². The van der Waals surface area contributed by atoms with Crippen LogP contribution in [0.25, 0.3) is 108 Å². The van der Waals surface area contributed by atoms with Gasteiger partial charge in [0.1, 0.15) is 11.2 Å². The first-order valence-electron chi connectivity index (χ1n) is 17.7. The molecule has 0 N–H and O–H groups in total. The zero-order valence-electron chi connectivity index (χ0n) is 28.1. The Labute approximate surface area is 304 Å². The summed E-state index contributed by atoms with van der Waals surface area (Å²) in [5.41, 5.74) is 11.6. The van der Waals surface area contributed by atoms with E-state index in [-0.39, 0.29) is 0 Å². The predicted molar refractivity (Wildman–Crippen MR) is 223 cm³/mol. The second-order valence-corrected chi connectivity index (χ2v) is 14.8. The van der Waals surface area contributed by atoms with E-state index in [2.05, 4.69) is 170 Å². The molecule has 0 radical (unpaired) electrons. The summed E-state index contributed by atoms with van der Waals surface area (Å²) >= 11 is 1.89. The molecule has 0 saturated heterocycles. The standard InChI is InChI=1S/C50H30OS/c1-2-9-31(10-3-1)41-13-4-5-14-42(41)38-20-19-37-30-50-46(28-40(37)25-38)45-27-39-24-34(17-18-36(39)29-49(45)52-50)32-11-8-12-33(23-32)35-21-22-48-44(26-35)43-15-6-7-16-47(43)51-48/h1-30H. The van der Waals surface area contributed by atoms with Crippen LogP contribution in [0.4, 0.5) is 0 Å². The van der Waals surface area contributed by atoms with Crippen LogP contribution in [0.5, 0.6) is 0 Å². The fourth-order valence-corrected chi connectivity index (χ4v) is 9.16. The van der Waals surface area contributed by atoms with Gasteiger partial charge in [-0.3, -0.25) is 0 Å². The molecule has 52 heavy (non-hydrogen) atoms. The number of benzene rings is 9. The van der Waals surface area contributed by atoms with Crippen molar-refractivity contribution in [1.29, 1.82) is 0 Å². The lowest BCUT2D eigenvalue weighted by Gasteiger charge is -2.11. The van der Waals surface area contributed by atoms with Crippen molar-refractivity contribution in [3.8, 4) is 44.5 Å². The van der Waals surface area contributed by atoms with E-state index in [9.17, 15) is 0 Å². The first-order chi connectivity index (χ1) is 25.7. The van der Waals surface area contributed by atoms with Crippen LogP contribution in [0.2, 0.25) is 0 Å². The molecule has 11 aromatic rings. The molecule has 2 heteroatoms. The van der Waals surface area contributed by atoms with Gasteiger partial charge in [-0.25, -0.2) is 0 Å². The molecule has 0 amide bonds. The zero-order valence-corrected chi connectivity index (χ0v) is 29.0. The van der Waals surface area contributed by atoms with Gasteiger partial charge in [-0.1, -0.05) is 121 Å².